The van der Waals surface area contributed by atoms with Crippen molar-refractivity contribution in [2.75, 3.05) is 11.9 Å². The Kier molecular flexibility index (Phi) is 3.02. The number of halogens is 1. The highest BCUT2D eigenvalue weighted by atomic mass is 35.5. The van der Waals surface area contributed by atoms with Crippen LogP contribution < -0.4 is 10.1 Å². The van der Waals surface area contributed by atoms with Gasteiger partial charge in [0.2, 0.25) is 0 Å². The quantitative estimate of drug-likeness (QED) is 0.904. The van der Waals surface area contributed by atoms with Crippen LogP contribution in [0.4, 0.5) is 5.69 Å². The van der Waals surface area contributed by atoms with Gasteiger partial charge < -0.3 is 10.1 Å². The highest BCUT2D eigenvalue weighted by Crippen LogP contribution is 2.35. The number of nitrogens with zero attached hydrogens (tertiary/aromatic N) is 1. The predicted octanol–water partition coefficient (Wildman–Crippen LogP) is 3.76. The van der Waals surface area contributed by atoms with Crippen molar-refractivity contribution in [1.82, 2.24) is 0 Å². The molecule has 1 aliphatic heterocycles. The normalized spacial score (nSPS) is 16.3. The Morgan fingerprint density at radius 2 is 2.11 bits per heavy atom. The van der Waals surface area contributed by atoms with Crippen molar-refractivity contribution >= 4 is 17.3 Å². The summed E-state index contributed by atoms with van der Waals surface area (Å²) in [6.07, 6.45) is 0. The van der Waals surface area contributed by atoms with Crippen molar-refractivity contribution < 1.29 is 4.74 Å². The Balaban J connectivity index is 1.86. The molecule has 0 saturated heterocycles. The van der Waals surface area contributed by atoms with Crippen LogP contribution in [-0.2, 0) is 0 Å². The molecule has 1 N–H and O–H groups in total. The molecule has 0 bridgehead atoms. The molecule has 2 aromatic carbocycles. The lowest BCUT2D eigenvalue weighted by atomic mass is 10.1. The molecule has 1 atom stereocenters. The fraction of sp³-hybridized carbons (Fsp3) is 0.133. The molecule has 3 nitrogen and oxygen atoms in total. The van der Waals surface area contributed by atoms with E-state index in [1.165, 1.54) is 0 Å². The van der Waals surface area contributed by atoms with Gasteiger partial charge in [0.05, 0.1) is 28.4 Å². The van der Waals surface area contributed by atoms with Crippen LogP contribution in [0.25, 0.3) is 0 Å². The number of nitrogens with one attached hydrogen (secondary N) is 1. The second kappa shape index (κ2) is 4.83. The van der Waals surface area contributed by atoms with Gasteiger partial charge in [-0.05, 0) is 24.3 Å². The summed E-state index contributed by atoms with van der Waals surface area (Å²) < 4.78 is 5.61. The lowest BCUT2D eigenvalue weighted by Gasteiger charge is -2.14. The Hall–Kier alpha value is -2.18. The maximum Gasteiger partial charge on any atom is 0.124 e. The molecule has 1 heterocycles. The molecule has 0 saturated carbocycles. The van der Waals surface area contributed by atoms with Crippen molar-refractivity contribution in [3.05, 3.63) is 58.6 Å². The van der Waals surface area contributed by atoms with Gasteiger partial charge in [0, 0.05) is 5.56 Å². The summed E-state index contributed by atoms with van der Waals surface area (Å²) in [6.45, 7) is 0.579. The molecule has 0 radical (unpaired) electrons. The highest BCUT2D eigenvalue weighted by Gasteiger charge is 2.23. The molecular formula is C15H11ClN2O. The number of anilines is 1. The zero-order valence-corrected chi connectivity index (χ0v) is 10.8. The van der Waals surface area contributed by atoms with Crippen LogP contribution in [0, 0.1) is 11.3 Å². The Bertz CT molecular complexity index is 663. The van der Waals surface area contributed by atoms with E-state index < -0.39 is 0 Å². The summed E-state index contributed by atoms with van der Waals surface area (Å²) in [5, 5.41) is 12.7. The molecule has 0 fully saturated rings. The summed E-state index contributed by atoms with van der Waals surface area (Å²) in [5.41, 5.74) is 2.49. The van der Waals surface area contributed by atoms with Crippen molar-refractivity contribution in [3.63, 3.8) is 0 Å². The lowest BCUT2D eigenvalue weighted by molar-refractivity contribution is 0.340. The third-order valence-electron chi connectivity index (χ3n) is 3.13. The largest absolute Gasteiger partial charge is 0.491 e. The molecule has 0 aliphatic carbocycles. The van der Waals surface area contributed by atoms with E-state index in [0.717, 1.165) is 17.0 Å². The lowest BCUT2D eigenvalue weighted by Crippen LogP contribution is -2.12. The van der Waals surface area contributed by atoms with Gasteiger partial charge in [-0.2, -0.15) is 5.26 Å². The standard InChI is InChI=1S/C15H11ClN2O/c16-12-7-10(8-17)5-6-13(12)18-14-9-19-15-4-2-1-3-11(14)15/h1-7,14,18H,9H2. The number of nitriles is 1. The second-order valence-electron chi connectivity index (χ2n) is 4.35. The average molecular weight is 271 g/mol. The van der Waals surface area contributed by atoms with E-state index in [9.17, 15) is 0 Å². The summed E-state index contributed by atoms with van der Waals surface area (Å²) in [5.74, 6) is 0.907. The zero-order valence-electron chi connectivity index (χ0n) is 10.1. The molecule has 94 valence electrons. The van der Waals surface area contributed by atoms with Gasteiger partial charge in [0.1, 0.15) is 12.4 Å². The van der Waals surface area contributed by atoms with Gasteiger partial charge in [-0.15, -0.1) is 0 Å². The molecule has 0 spiro atoms. The van der Waals surface area contributed by atoms with Crippen LogP contribution in [-0.4, -0.2) is 6.61 Å². The maximum atomic E-state index is 8.82. The summed E-state index contributed by atoms with van der Waals surface area (Å²) in [7, 11) is 0. The smallest absolute Gasteiger partial charge is 0.124 e. The summed E-state index contributed by atoms with van der Waals surface area (Å²) in [6, 6.07) is 15.3. The van der Waals surface area contributed by atoms with E-state index in [-0.39, 0.29) is 6.04 Å². The first-order chi connectivity index (χ1) is 9.28. The molecule has 2 aromatic rings. The first-order valence-electron chi connectivity index (χ1n) is 5.96. The monoisotopic (exact) mass is 270 g/mol. The van der Waals surface area contributed by atoms with Crippen LogP contribution >= 0.6 is 11.6 Å². The van der Waals surface area contributed by atoms with Crippen molar-refractivity contribution in [1.29, 1.82) is 5.26 Å². The van der Waals surface area contributed by atoms with E-state index in [4.69, 9.17) is 21.6 Å². The van der Waals surface area contributed by atoms with Crippen LogP contribution in [0.1, 0.15) is 17.2 Å². The van der Waals surface area contributed by atoms with E-state index in [2.05, 4.69) is 11.4 Å². The number of fused-ring (bicyclic) bond motifs is 1. The third-order valence-corrected chi connectivity index (χ3v) is 3.44. The Morgan fingerprint density at radius 1 is 1.26 bits per heavy atom. The molecule has 3 rings (SSSR count). The van der Waals surface area contributed by atoms with Gasteiger partial charge in [-0.1, -0.05) is 29.8 Å². The first-order valence-corrected chi connectivity index (χ1v) is 6.33. The van der Waals surface area contributed by atoms with Crippen LogP contribution in [0.2, 0.25) is 5.02 Å². The molecule has 1 aliphatic rings. The van der Waals surface area contributed by atoms with Crippen LogP contribution in [0.5, 0.6) is 5.75 Å². The van der Waals surface area contributed by atoms with Gasteiger partial charge >= 0.3 is 0 Å². The van der Waals surface area contributed by atoms with E-state index in [0.29, 0.717) is 17.2 Å². The van der Waals surface area contributed by atoms with E-state index >= 15 is 0 Å². The van der Waals surface area contributed by atoms with Gasteiger partial charge in [-0.3, -0.25) is 0 Å². The minimum atomic E-state index is 0.0848. The molecule has 0 aromatic heterocycles. The summed E-state index contributed by atoms with van der Waals surface area (Å²) >= 11 is 6.16. The minimum absolute atomic E-state index is 0.0848. The number of para-hydroxylation sites is 1. The Morgan fingerprint density at radius 3 is 2.89 bits per heavy atom. The van der Waals surface area contributed by atoms with Crippen molar-refractivity contribution in [2.45, 2.75) is 6.04 Å². The molecule has 1 unspecified atom stereocenters. The number of benzene rings is 2. The molecule has 19 heavy (non-hydrogen) atoms. The molecular weight excluding hydrogens is 260 g/mol. The van der Waals surface area contributed by atoms with Gasteiger partial charge in [0.15, 0.2) is 0 Å². The highest BCUT2D eigenvalue weighted by molar-refractivity contribution is 6.33. The fourth-order valence-corrected chi connectivity index (χ4v) is 2.41. The SMILES string of the molecule is N#Cc1ccc(NC2COc3ccccc32)c(Cl)c1. The molecule has 4 heteroatoms. The van der Waals surface area contributed by atoms with E-state index in [1.54, 1.807) is 12.1 Å². The minimum Gasteiger partial charge on any atom is -0.491 e. The second-order valence-corrected chi connectivity index (χ2v) is 4.76. The average Bonchev–Trinajstić information content (AvgIpc) is 2.84. The fourth-order valence-electron chi connectivity index (χ4n) is 2.17. The zero-order chi connectivity index (χ0) is 13.2. The number of hydrogen-bond acceptors (Lipinski definition) is 3. The van der Waals surface area contributed by atoms with Crippen molar-refractivity contribution in [2.24, 2.45) is 0 Å². The van der Waals surface area contributed by atoms with E-state index in [1.807, 2.05) is 30.3 Å². The number of hydrogen-bond donors (Lipinski definition) is 1. The van der Waals surface area contributed by atoms with Crippen LogP contribution in [0.15, 0.2) is 42.5 Å². The van der Waals surface area contributed by atoms with Crippen LogP contribution in [0.3, 0.4) is 0 Å². The number of rotatable bonds is 2. The van der Waals surface area contributed by atoms with Gasteiger partial charge in [0.25, 0.3) is 0 Å². The predicted molar refractivity (Wildman–Crippen MR) is 74.5 cm³/mol. The summed E-state index contributed by atoms with van der Waals surface area (Å²) in [4.78, 5) is 0. The third kappa shape index (κ3) is 2.23. The maximum absolute atomic E-state index is 8.82. The topological polar surface area (TPSA) is 45.0 Å². The van der Waals surface area contributed by atoms with Gasteiger partial charge in [-0.25, -0.2) is 0 Å². The Labute approximate surface area is 116 Å². The number of ether oxygens (including phenoxy) is 1. The first kappa shape index (κ1) is 11.9. The van der Waals surface area contributed by atoms with Crippen molar-refractivity contribution in [3.8, 4) is 11.8 Å². The molecule has 0 amide bonds.